The van der Waals surface area contributed by atoms with E-state index in [1.807, 2.05) is 17.0 Å². The van der Waals surface area contributed by atoms with Crippen LogP contribution in [0.15, 0.2) is 36.5 Å². The Morgan fingerprint density at radius 3 is 2.79 bits per heavy atom. The predicted octanol–water partition coefficient (Wildman–Crippen LogP) is 2.01. The lowest BCUT2D eigenvalue weighted by Crippen LogP contribution is -2.39. The van der Waals surface area contributed by atoms with Crippen LogP contribution >= 0.6 is 0 Å². The van der Waals surface area contributed by atoms with Crippen LogP contribution in [0.25, 0.3) is 0 Å². The SMILES string of the molecule is Cn1nccc1NC(=O)N1CCc2ccccc2C1. The van der Waals surface area contributed by atoms with E-state index in [9.17, 15) is 4.79 Å². The molecule has 0 aliphatic carbocycles. The van der Waals surface area contributed by atoms with E-state index in [1.165, 1.54) is 11.1 Å². The molecule has 0 saturated heterocycles. The summed E-state index contributed by atoms with van der Waals surface area (Å²) < 4.78 is 1.65. The number of hydrogen-bond donors (Lipinski definition) is 1. The second-order valence-corrected chi connectivity index (χ2v) is 4.71. The highest BCUT2D eigenvalue weighted by Gasteiger charge is 2.20. The third-order valence-corrected chi connectivity index (χ3v) is 3.47. The molecule has 0 unspecified atom stereocenters. The first-order valence-corrected chi connectivity index (χ1v) is 6.35. The molecule has 1 aliphatic heterocycles. The summed E-state index contributed by atoms with van der Waals surface area (Å²) in [6.07, 6.45) is 2.58. The second-order valence-electron chi connectivity index (χ2n) is 4.71. The van der Waals surface area contributed by atoms with Crippen molar-refractivity contribution < 1.29 is 4.79 Å². The third kappa shape index (κ3) is 2.31. The maximum Gasteiger partial charge on any atom is 0.323 e. The number of aryl methyl sites for hydroxylation is 1. The average Bonchev–Trinajstić information content (AvgIpc) is 2.84. The maximum atomic E-state index is 12.2. The van der Waals surface area contributed by atoms with Crippen LogP contribution in [-0.4, -0.2) is 27.3 Å². The van der Waals surface area contributed by atoms with E-state index in [0.29, 0.717) is 12.4 Å². The first-order valence-electron chi connectivity index (χ1n) is 6.35. The molecule has 0 atom stereocenters. The average molecular weight is 256 g/mol. The summed E-state index contributed by atoms with van der Waals surface area (Å²) in [7, 11) is 1.81. The number of urea groups is 1. The number of anilines is 1. The summed E-state index contributed by atoms with van der Waals surface area (Å²) in [5.41, 5.74) is 2.57. The number of aromatic nitrogens is 2. The van der Waals surface area contributed by atoms with Gasteiger partial charge in [-0.3, -0.25) is 10.00 Å². The molecule has 0 saturated carbocycles. The standard InChI is InChI=1S/C14H16N4O/c1-17-13(6-8-15-17)16-14(19)18-9-7-11-4-2-3-5-12(11)10-18/h2-6,8H,7,9-10H2,1H3,(H,16,19). The van der Waals surface area contributed by atoms with Gasteiger partial charge in [-0.25, -0.2) is 4.79 Å². The Hall–Kier alpha value is -2.30. The molecule has 2 aromatic rings. The zero-order valence-electron chi connectivity index (χ0n) is 10.8. The van der Waals surface area contributed by atoms with E-state index in [1.54, 1.807) is 24.0 Å². The van der Waals surface area contributed by atoms with E-state index >= 15 is 0 Å². The number of fused-ring (bicyclic) bond motifs is 1. The summed E-state index contributed by atoms with van der Waals surface area (Å²) in [5.74, 6) is 0.712. The summed E-state index contributed by atoms with van der Waals surface area (Å²) >= 11 is 0. The number of nitrogens with zero attached hydrogens (tertiary/aromatic N) is 3. The summed E-state index contributed by atoms with van der Waals surface area (Å²) in [5, 5.41) is 6.91. The highest BCUT2D eigenvalue weighted by atomic mass is 16.2. The topological polar surface area (TPSA) is 50.2 Å². The van der Waals surface area contributed by atoms with Crippen LogP contribution < -0.4 is 5.32 Å². The highest BCUT2D eigenvalue weighted by molar-refractivity contribution is 5.88. The summed E-state index contributed by atoms with van der Waals surface area (Å²) in [6, 6.07) is 9.99. The molecule has 1 aliphatic rings. The molecule has 2 amide bonds. The Labute approximate surface area is 111 Å². The van der Waals surface area contributed by atoms with Crippen molar-refractivity contribution in [2.45, 2.75) is 13.0 Å². The van der Waals surface area contributed by atoms with Crippen LogP contribution in [0.1, 0.15) is 11.1 Å². The highest BCUT2D eigenvalue weighted by Crippen LogP contribution is 2.19. The van der Waals surface area contributed by atoms with Crippen molar-refractivity contribution in [2.75, 3.05) is 11.9 Å². The molecule has 1 N–H and O–H groups in total. The van der Waals surface area contributed by atoms with Crippen molar-refractivity contribution in [1.82, 2.24) is 14.7 Å². The number of rotatable bonds is 1. The first kappa shape index (κ1) is 11.8. The number of benzene rings is 1. The van der Waals surface area contributed by atoms with Crippen molar-refractivity contribution in [2.24, 2.45) is 7.05 Å². The van der Waals surface area contributed by atoms with Gasteiger partial charge in [0.2, 0.25) is 0 Å². The number of hydrogen-bond acceptors (Lipinski definition) is 2. The first-order chi connectivity index (χ1) is 9.24. The van der Waals surface area contributed by atoms with Gasteiger partial charge >= 0.3 is 6.03 Å². The predicted molar refractivity (Wildman–Crippen MR) is 72.8 cm³/mol. The molecule has 3 rings (SSSR count). The summed E-state index contributed by atoms with van der Waals surface area (Å²) in [4.78, 5) is 14.0. The molecule has 1 aromatic carbocycles. The lowest BCUT2D eigenvalue weighted by Gasteiger charge is -2.28. The second kappa shape index (κ2) is 4.76. The number of carbonyl (C=O) groups excluding carboxylic acids is 1. The minimum atomic E-state index is -0.0712. The quantitative estimate of drug-likeness (QED) is 0.848. The molecule has 0 spiro atoms. The normalized spacial score (nSPS) is 14.1. The van der Waals surface area contributed by atoms with Gasteiger partial charge in [0.05, 0.1) is 6.20 Å². The lowest BCUT2D eigenvalue weighted by atomic mass is 10.0. The Bertz CT molecular complexity index is 605. The van der Waals surface area contributed by atoms with Crippen LogP contribution in [0.3, 0.4) is 0 Å². The van der Waals surface area contributed by atoms with Crippen molar-refractivity contribution in [3.8, 4) is 0 Å². The van der Waals surface area contributed by atoms with Crippen molar-refractivity contribution in [1.29, 1.82) is 0 Å². The zero-order chi connectivity index (χ0) is 13.2. The molecule has 0 fully saturated rings. The number of amides is 2. The largest absolute Gasteiger partial charge is 0.323 e. The molecule has 0 bridgehead atoms. The minimum Gasteiger partial charge on any atom is -0.320 e. The van der Waals surface area contributed by atoms with Crippen LogP contribution in [0, 0.1) is 0 Å². The molecule has 98 valence electrons. The van der Waals surface area contributed by atoms with Gasteiger partial charge in [-0.2, -0.15) is 5.10 Å². The van der Waals surface area contributed by atoms with E-state index < -0.39 is 0 Å². The molecular formula is C14H16N4O. The molecule has 19 heavy (non-hydrogen) atoms. The lowest BCUT2D eigenvalue weighted by molar-refractivity contribution is 0.206. The number of nitrogens with one attached hydrogen (secondary N) is 1. The van der Waals surface area contributed by atoms with Crippen LogP contribution in [0.2, 0.25) is 0 Å². The Morgan fingerprint density at radius 1 is 1.26 bits per heavy atom. The van der Waals surface area contributed by atoms with Gasteiger partial charge in [0.1, 0.15) is 5.82 Å². The van der Waals surface area contributed by atoms with Gasteiger partial charge in [-0.05, 0) is 17.5 Å². The molecule has 2 heterocycles. The fourth-order valence-electron chi connectivity index (χ4n) is 2.35. The third-order valence-electron chi connectivity index (χ3n) is 3.47. The van der Waals surface area contributed by atoms with Crippen molar-refractivity contribution in [3.05, 3.63) is 47.7 Å². The zero-order valence-corrected chi connectivity index (χ0v) is 10.8. The van der Waals surface area contributed by atoms with Gasteiger partial charge in [0, 0.05) is 26.2 Å². The molecule has 5 heteroatoms. The molecule has 0 radical (unpaired) electrons. The summed E-state index contributed by atoms with van der Waals surface area (Å²) in [6.45, 7) is 1.42. The van der Waals surface area contributed by atoms with E-state index in [0.717, 1.165) is 13.0 Å². The Kier molecular flexibility index (Phi) is 2.95. The van der Waals surface area contributed by atoms with Gasteiger partial charge in [-0.1, -0.05) is 24.3 Å². The van der Waals surface area contributed by atoms with E-state index in [-0.39, 0.29) is 6.03 Å². The van der Waals surface area contributed by atoms with E-state index in [4.69, 9.17) is 0 Å². The maximum absolute atomic E-state index is 12.2. The monoisotopic (exact) mass is 256 g/mol. The Balaban J connectivity index is 1.71. The van der Waals surface area contributed by atoms with Crippen LogP contribution in [0.5, 0.6) is 0 Å². The fraction of sp³-hybridized carbons (Fsp3) is 0.286. The van der Waals surface area contributed by atoms with Crippen LogP contribution in [-0.2, 0) is 20.0 Å². The Morgan fingerprint density at radius 2 is 2.05 bits per heavy atom. The fourth-order valence-corrected chi connectivity index (χ4v) is 2.35. The minimum absolute atomic E-state index is 0.0712. The van der Waals surface area contributed by atoms with Crippen molar-refractivity contribution >= 4 is 11.8 Å². The van der Waals surface area contributed by atoms with Crippen LogP contribution in [0.4, 0.5) is 10.6 Å². The van der Waals surface area contributed by atoms with Gasteiger partial charge in [0.15, 0.2) is 0 Å². The molecular weight excluding hydrogens is 240 g/mol. The van der Waals surface area contributed by atoms with Gasteiger partial charge < -0.3 is 4.90 Å². The van der Waals surface area contributed by atoms with Crippen molar-refractivity contribution in [3.63, 3.8) is 0 Å². The molecule has 1 aromatic heterocycles. The van der Waals surface area contributed by atoms with E-state index in [2.05, 4.69) is 22.5 Å². The molecule has 5 nitrogen and oxygen atoms in total. The van der Waals surface area contributed by atoms with Gasteiger partial charge in [0.25, 0.3) is 0 Å². The van der Waals surface area contributed by atoms with Gasteiger partial charge in [-0.15, -0.1) is 0 Å². The number of carbonyl (C=O) groups is 1. The smallest absolute Gasteiger partial charge is 0.320 e.